The monoisotopic (exact) mass is 220 g/mol. The zero-order chi connectivity index (χ0) is 9.78. The van der Waals surface area contributed by atoms with E-state index in [4.69, 9.17) is 0 Å². The molecule has 0 aromatic carbocycles. The van der Waals surface area contributed by atoms with Crippen molar-refractivity contribution in [2.24, 2.45) is 0 Å². The summed E-state index contributed by atoms with van der Waals surface area (Å²) in [6.45, 7) is 6.93. The fourth-order valence-corrected chi connectivity index (χ4v) is 2.25. The molecule has 78 valence electrons. The van der Waals surface area contributed by atoms with Crippen molar-refractivity contribution in [1.29, 1.82) is 0 Å². The molecule has 0 rings (SSSR count). The van der Waals surface area contributed by atoms with Crippen LogP contribution < -0.4 is 7.60 Å². The van der Waals surface area contributed by atoms with Crippen molar-refractivity contribution in [1.82, 2.24) is 7.60 Å². The Bertz CT molecular complexity index is 79.0. The van der Waals surface area contributed by atoms with E-state index in [9.17, 15) is 0 Å². The first-order valence-corrected chi connectivity index (χ1v) is 7.18. The molecule has 0 radical (unpaired) electrons. The SMILES string of the molecule is CCCCC[NH][Ti][NH]CCCCC. The van der Waals surface area contributed by atoms with Crippen LogP contribution in [0.1, 0.15) is 52.4 Å². The summed E-state index contributed by atoms with van der Waals surface area (Å²) in [4.78, 5) is 0. The predicted molar refractivity (Wildman–Crippen MR) is 55.1 cm³/mol. The van der Waals surface area contributed by atoms with Crippen LogP contribution in [0.2, 0.25) is 0 Å². The Labute approximate surface area is 92.8 Å². The third-order valence-corrected chi connectivity index (χ3v) is 3.32. The van der Waals surface area contributed by atoms with Gasteiger partial charge in [0.15, 0.2) is 0 Å². The van der Waals surface area contributed by atoms with E-state index in [1.807, 2.05) is 0 Å². The summed E-state index contributed by atoms with van der Waals surface area (Å²) in [6, 6.07) is 0. The Morgan fingerprint density at radius 1 is 0.769 bits per heavy atom. The molecular weight excluding hydrogens is 196 g/mol. The van der Waals surface area contributed by atoms with Gasteiger partial charge in [0, 0.05) is 0 Å². The Morgan fingerprint density at radius 3 is 1.62 bits per heavy atom. The molecule has 0 bridgehead atoms. The Morgan fingerprint density at radius 2 is 1.23 bits per heavy atom. The molecule has 2 nitrogen and oxygen atoms in total. The average molecular weight is 220 g/mol. The topological polar surface area (TPSA) is 24.1 Å². The van der Waals surface area contributed by atoms with Crippen molar-refractivity contribution in [3.8, 4) is 0 Å². The van der Waals surface area contributed by atoms with Crippen LogP contribution in [0.3, 0.4) is 0 Å². The third kappa shape index (κ3) is 12.6. The van der Waals surface area contributed by atoms with Gasteiger partial charge >= 0.3 is 92.7 Å². The Balaban J connectivity index is 2.76. The molecule has 0 aliphatic heterocycles. The number of unbranched alkanes of at least 4 members (excludes halogenated alkanes) is 4. The Kier molecular flexibility index (Phi) is 13.3. The number of hydrogen-bond donors (Lipinski definition) is 2. The summed E-state index contributed by atoms with van der Waals surface area (Å²) in [6.07, 6.45) is 8.08. The summed E-state index contributed by atoms with van der Waals surface area (Å²) in [5, 5.41) is 0. The van der Waals surface area contributed by atoms with E-state index in [-0.39, 0.29) is 19.7 Å². The first kappa shape index (κ1) is 13.6. The zero-order valence-corrected chi connectivity index (χ0v) is 10.7. The molecule has 0 amide bonds. The molecule has 0 spiro atoms. The minimum atomic E-state index is -0.0322. The maximum atomic E-state index is 3.51. The van der Waals surface area contributed by atoms with Gasteiger partial charge in [0.25, 0.3) is 0 Å². The van der Waals surface area contributed by atoms with Crippen molar-refractivity contribution in [2.45, 2.75) is 52.4 Å². The molecule has 0 atom stereocenters. The number of rotatable bonds is 10. The van der Waals surface area contributed by atoms with E-state index < -0.39 is 0 Å². The van der Waals surface area contributed by atoms with Crippen molar-refractivity contribution >= 4 is 0 Å². The van der Waals surface area contributed by atoms with E-state index in [0.717, 1.165) is 0 Å². The molecule has 0 saturated carbocycles. The molecule has 13 heavy (non-hydrogen) atoms. The summed E-state index contributed by atoms with van der Waals surface area (Å²) >= 11 is -0.0322. The number of hydrogen-bond acceptors (Lipinski definition) is 2. The normalized spacial score (nSPS) is 10.3. The van der Waals surface area contributed by atoms with Gasteiger partial charge < -0.3 is 0 Å². The molecule has 0 aliphatic rings. The van der Waals surface area contributed by atoms with Gasteiger partial charge in [0.2, 0.25) is 0 Å². The molecule has 0 aromatic rings. The van der Waals surface area contributed by atoms with Crippen LogP contribution in [0.25, 0.3) is 0 Å². The van der Waals surface area contributed by atoms with Crippen LogP contribution in [0.5, 0.6) is 0 Å². The van der Waals surface area contributed by atoms with E-state index in [1.165, 1.54) is 51.6 Å². The minimum absolute atomic E-state index is 0.0322. The molecule has 0 unspecified atom stereocenters. The second-order valence-electron chi connectivity index (χ2n) is 3.39. The fourth-order valence-electron chi connectivity index (χ4n) is 1.11. The first-order chi connectivity index (χ1) is 6.41. The van der Waals surface area contributed by atoms with Crippen molar-refractivity contribution < 1.29 is 19.7 Å². The van der Waals surface area contributed by atoms with Crippen molar-refractivity contribution in [3.63, 3.8) is 0 Å². The average Bonchev–Trinajstić information content (AvgIpc) is 2.16. The number of nitrogens with one attached hydrogen (secondary N) is 2. The van der Waals surface area contributed by atoms with Gasteiger partial charge in [0.05, 0.1) is 0 Å². The van der Waals surface area contributed by atoms with Gasteiger partial charge in [-0.3, -0.25) is 0 Å². The summed E-state index contributed by atoms with van der Waals surface area (Å²) in [5.74, 6) is 0. The van der Waals surface area contributed by atoms with Crippen LogP contribution >= 0.6 is 0 Å². The van der Waals surface area contributed by atoms with Crippen molar-refractivity contribution in [2.75, 3.05) is 13.1 Å². The molecule has 0 saturated heterocycles. The quantitative estimate of drug-likeness (QED) is 0.436. The fraction of sp³-hybridized carbons (Fsp3) is 1.00. The van der Waals surface area contributed by atoms with Crippen LogP contribution in [0.4, 0.5) is 0 Å². The predicted octanol–water partition coefficient (Wildman–Crippen LogP) is 2.46. The summed E-state index contributed by atoms with van der Waals surface area (Å²) in [7, 11) is 0. The second kappa shape index (κ2) is 12.6. The molecule has 0 aromatic heterocycles. The Hall–Kier alpha value is 0.634. The van der Waals surface area contributed by atoms with Gasteiger partial charge in [-0.25, -0.2) is 0 Å². The molecule has 2 N–H and O–H groups in total. The maximum absolute atomic E-state index is 3.51. The van der Waals surface area contributed by atoms with Crippen LogP contribution in [-0.2, 0) is 19.7 Å². The second-order valence-corrected chi connectivity index (χ2v) is 4.89. The van der Waals surface area contributed by atoms with Gasteiger partial charge in [-0.2, -0.15) is 0 Å². The van der Waals surface area contributed by atoms with Crippen LogP contribution in [-0.4, -0.2) is 13.1 Å². The van der Waals surface area contributed by atoms with Crippen molar-refractivity contribution in [3.05, 3.63) is 0 Å². The zero-order valence-electron chi connectivity index (χ0n) is 9.16. The first-order valence-electron chi connectivity index (χ1n) is 5.62. The van der Waals surface area contributed by atoms with E-state index in [1.54, 1.807) is 0 Å². The summed E-state index contributed by atoms with van der Waals surface area (Å²) < 4.78 is 7.02. The summed E-state index contributed by atoms with van der Waals surface area (Å²) in [5.41, 5.74) is 0. The third-order valence-electron chi connectivity index (χ3n) is 1.99. The van der Waals surface area contributed by atoms with Gasteiger partial charge in [-0.15, -0.1) is 0 Å². The van der Waals surface area contributed by atoms with E-state index in [2.05, 4.69) is 21.4 Å². The van der Waals surface area contributed by atoms with Crippen LogP contribution in [0, 0.1) is 0 Å². The molecule has 0 aliphatic carbocycles. The molecular formula is C10H24N2Ti. The van der Waals surface area contributed by atoms with E-state index in [0.29, 0.717) is 0 Å². The molecule has 3 heteroatoms. The van der Waals surface area contributed by atoms with Gasteiger partial charge in [-0.1, -0.05) is 0 Å². The standard InChI is InChI=1S/2C5H12N.Ti/c2*1-2-3-4-5-6;/h2*6H,2-5H2,1H3;/q2*-1;+2. The van der Waals surface area contributed by atoms with Gasteiger partial charge in [-0.05, 0) is 0 Å². The molecule has 0 fully saturated rings. The van der Waals surface area contributed by atoms with Gasteiger partial charge in [0.1, 0.15) is 0 Å². The van der Waals surface area contributed by atoms with Crippen LogP contribution in [0.15, 0.2) is 0 Å². The molecule has 0 heterocycles. The van der Waals surface area contributed by atoms with E-state index >= 15 is 0 Å².